The van der Waals surface area contributed by atoms with Gasteiger partial charge in [0.1, 0.15) is 18.0 Å². The third kappa shape index (κ3) is 7.68. The topological polar surface area (TPSA) is 181 Å². The molecule has 4 atom stereocenters. The van der Waals surface area contributed by atoms with E-state index in [1.54, 1.807) is 31.2 Å². The van der Waals surface area contributed by atoms with Crippen LogP contribution in [0.15, 0.2) is 126 Å². The number of imidazole rings is 1. The maximum atomic E-state index is 13.5. The molecule has 0 radical (unpaired) electrons. The van der Waals surface area contributed by atoms with Gasteiger partial charge in [-0.3, -0.25) is 9.36 Å². The van der Waals surface area contributed by atoms with Crippen molar-refractivity contribution >= 4 is 32.9 Å². The lowest BCUT2D eigenvalue weighted by Crippen LogP contribution is -2.42. The van der Waals surface area contributed by atoms with Crippen LogP contribution in [0.1, 0.15) is 36.0 Å². The summed E-state index contributed by atoms with van der Waals surface area (Å²) in [5, 5.41) is 27.8. The zero-order valence-corrected chi connectivity index (χ0v) is 29.6. The molecule has 4 aromatic carbocycles. The van der Waals surface area contributed by atoms with Gasteiger partial charge in [-0.05, 0) is 41.3 Å². The van der Waals surface area contributed by atoms with Crippen LogP contribution in [0, 0.1) is 0 Å². The first-order chi connectivity index (χ1) is 25.7. The highest BCUT2D eigenvalue weighted by Gasteiger charge is 2.47. The van der Waals surface area contributed by atoms with Crippen molar-refractivity contribution in [3.8, 4) is 11.1 Å². The highest BCUT2D eigenvalue weighted by Crippen LogP contribution is 2.33. The number of anilines is 1. The van der Waals surface area contributed by atoms with Crippen LogP contribution in [0.2, 0.25) is 0 Å². The van der Waals surface area contributed by atoms with Crippen molar-refractivity contribution in [2.75, 3.05) is 18.4 Å². The van der Waals surface area contributed by atoms with Crippen molar-refractivity contribution < 1.29 is 28.2 Å². The predicted molar refractivity (Wildman–Crippen MR) is 199 cm³/mol. The van der Waals surface area contributed by atoms with Gasteiger partial charge in [-0.25, -0.2) is 28.1 Å². The number of aromatic nitrogens is 4. The first-order valence-corrected chi connectivity index (χ1v) is 18.7. The number of nitrogens with zero attached hydrogens (tertiary/aromatic N) is 4. The molecule has 0 saturated carbocycles. The summed E-state index contributed by atoms with van der Waals surface area (Å²) in [4.78, 5) is 26.6. The number of hydrogen-bond acceptors (Lipinski definition) is 10. The number of hydrogen-bond donors (Lipinski definition) is 5. The highest BCUT2D eigenvalue weighted by atomic mass is 32.2. The van der Waals surface area contributed by atoms with Crippen LogP contribution in [-0.4, -0.2) is 75.5 Å². The van der Waals surface area contributed by atoms with Gasteiger partial charge in [-0.15, -0.1) is 0 Å². The Balaban J connectivity index is 1.21. The third-order valence-electron chi connectivity index (χ3n) is 9.16. The van der Waals surface area contributed by atoms with E-state index in [1.807, 2.05) is 91.0 Å². The van der Waals surface area contributed by atoms with Crippen LogP contribution in [0.25, 0.3) is 22.3 Å². The van der Waals surface area contributed by atoms with Crippen LogP contribution in [0.3, 0.4) is 0 Å². The Morgan fingerprint density at radius 2 is 1.43 bits per heavy atom. The molecule has 7 rings (SSSR count). The Morgan fingerprint density at radius 1 is 0.830 bits per heavy atom. The summed E-state index contributed by atoms with van der Waals surface area (Å²) in [7, 11) is -3.99. The average molecular weight is 734 g/mol. The number of fused-ring (bicyclic) bond motifs is 1. The summed E-state index contributed by atoms with van der Waals surface area (Å²) in [6.07, 6.45) is -4.17. The van der Waals surface area contributed by atoms with Gasteiger partial charge in [0, 0.05) is 19.0 Å². The van der Waals surface area contributed by atoms with Crippen molar-refractivity contribution in [2.45, 2.75) is 48.8 Å². The smallest absolute Gasteiger partial charge is 0.252 e. The Morgan fingerprint density at radius 3 is 2.06 bits per heavy atom. The average Bonchev–Trinajstić information content (AvgIpc) is 3.75. The number of nitrogens with one attached hydrogen (secondary N) is 3. The number of sulfonamides is 1. The molecule has 13 nitrogen and oxygen atoms in total. The van der Waals surface area contributed by atoms with Gasteiger partial charge >= 0.3 is 0 Å². The molecular formula is C39H39N7O6S. The van der Waals surface area contributed by atoms with Gasteiger partial charge in [0.25, 0.3) is 5.91 Å². The van der Waals surface area contributed by atoms with Gasteiger partial charge in [0.15, 0.2) is 29.3 Å². The Labute approximate surface area is 306 Å². The second-order valence-corrected chi connectivity index (χ2v) is 14.4. The van der Waals surface area contributed by atoms with E-state index in [-0.39, 0.29) is 28.8 Å². The fraction of sp³-hybridized carbons (Fsp3) is 0.231. The quantitative estimate of drug-likeness (QED) is 0.117. The molecule has 1 saturated heterocycles. The number of likely N-dealkylation sites (N-methyl/N-ethyl adjacent to an activating group) is 1. The summed E-state index contributed by atoms with van der Waals surface area (Å²) >= 11 is 0. The molecule has 0 aliphatic carbocycles. The zero-order chi connectivity index (χ0) is 37.0. The molecule has 0 spiro atoms. The van der Waals surface area contributed by atoms with Crippen molar-refractivity contribution in [2.24, 2.45) is 0 Å². The second kappa shape index (κ2) is 15.6. The van der Waals surface area contributed by atoms with E-state index in [2.05, 4.69) is 25.3 Å². The Kier molecular flexibility index (Phi) is 10.6. The number of aliphatic hydroxyl groups excluding tert-OH is 2. The molecule has 272 valence electrons. The minimum atomic E-state index is -3.99. The maximum absolute atomic E-state index is 13.5. The fourth-order valence-electron chi connectivity index (χ4n) is 6.43. The van der Waals surface area contributed by atoms with Crippen LogP contribution < -0.4 is 15.4 Å². The monoisotopic (exact) mass is 733 g/mol. The van der Waals surface area contributed by atoms with Crippen molar-refractivity contribution in [3.05, 3.63) is 139 Å². The van der Waals surface area contributed by atoms with E-state index in [1.165, 1.54) is 10.9 Å². The van der Waals surface area contributed by atoms with Gasteiger partial charge in [-0.1, -0.05) is 103 Å². The number of rotatable bonds is 13. The molecule has 4 unspecified atom stereocenters. The molecule has 6 aromatic rings. The number of benzene rings is 4. The van der Waals surface area contributed by atoms with E-state index in [0.717, 1.165) is 22.3 Å². The SMILES string of the molecule is CCNC(=O)C1OC(n2cnc3c(NCC(c4ccccc4)c4ccccc4)nc(CNS(=O)(=O)c4ccc(-c5ccccc5)cc4)nc32)C(O)C1O. The van der Waals surface area contributed by atoms with Gasteiger partial charge in [0.05, 0.1) is 17.8 Å². The van der Waals surface area contributed by atoms with Crippen LogP contribution >= 0.6 is 0 Å². The van der Waals surface area contributed by atoms with Gasteiger partial charge in [-0.2, -0.15) is 0 Å². The molecule has 5 N–H and O–H groups in total. The molecule has 1 fully saturated rings. The van der Waals surface area contributed by atoms with Crippen molar-refractivity contribution in [1.29, 1.82) is 0 Å². The van der Waals surface area contributed by atoms with E-state index in [4.69, 9.17) is 9.72 Å². The van der Waals surface area contributed by atoms with E-state index in [0.29, 0.717) is 24.4 Å². The fourth-order valence-corrected chi connectivity index (χ4v) is 7.41. The Bertz CT molecular complexity index is 2240. The second-order valence-electron chi connectivity index (χ2n) is 12.6. The lowest BCUT2D eigenvalue weighted by atomic mass is 9.91. The molecule has 1 aliphatic rings. The van der Waals surface area contributed by atoms with Crippen LogP contribution in [-0.2, 0) is 26.1 Å². The Hall–Kier alpha value is -5.51. The largest absolute Gasteiger partial charge is 0.387 e. The van der Waals surface area contributed by atoms with Crippen LogP contribution in [0.5, 0.6) is 0 Å². The lowest BCUT2D eigenvalue weighted by Gasteiger charge is -2.20. The highest BCUT2D eigenvalue weighted by molar-refractivity contribution is 7.89. The summed E-state index contributed by atoms with van der Waals surface area (Å²) in [5.41, 5.74) is 4.50. The standard InChI is InChI=1S/C39H39N7O6S/c1-2-40-38(49)35-33(47)34(48)39(52-35)46-24-42-32-36(41-22-30(27-14-8-4-9-15-27)28-16-10-5-11-17-28)44-31(45-37(32)46)23-43-53(50,51)29-20-18-26(19-21-29)25-12-6-3-7-13-25/h3-21,24,30,33-35,39,43,47-48H,2,22-23H2,1H3,(H,40,49)(H,41,44,45). The van der Waals surface area contributed by atoms with Crippen molar-refractivity contribution in [3.63, 3.8) is 0 Å². The number of aliphatic hydroxyl groups is 2. The molecule has 1 aliphatic heterocycles. The minimum absolute atomic E-state index is 0.0723. The molecule has 1 amide bonds. The number of ether oxygens (including phenoxy) is 1. The summed E-state index contributed by atoms with van der Waals surface area (Å²) in [6, 6.07) is 36.2. The van der Waals surface area contributed by atoms with E-state index >= 15 is 0 Å². The number of carbonyl (C=O) groups is 1. The van der Waals surface area contributed by atoms with Gasteiger partial charge in [0.2, 0.25) is 10.0 Å². The summed E-state index contributed by atoms with van der Waals surface area (Å²) in [6.45, 7) is 2.16. The summed E-state index contributed by atoms with van der Waals surface area (Å²) < 4.78 is 36.8. The van der Waals surface area contributed by atoms with Crippen LogP contribution in [0.4, 0.5) is 5.82 Å². The zero-order valence-electron chi connectivity index (χ0n) is 28.8. The first kappa shape index (κ1) is 35.9. The minimum Gasteiger partial charge on any atom is -0.387 e. The van der Waals surface area contributed by atoms with Crippen molar-refractivity contribution in [1.82, 2.24) is 29.6 Å². The molecule has 2 aromatic heterocycles. The number of carbonyl (C=O) groups excluding carboxylic acids is 1. The molecule has 53 heavy (non-hydrogen) atoms. The third-order valence-corrected chi connectivity index (χ3v) is 10.6. The summed E-state index contributed by atoms with van der Waals surface area (Å²) in [5.74, 6) is -0.225. The molecule has 3 heterocycles. The van der Waals surface area contributed by atoms with E-state index in [9.17, 15) is 23.4 Å². The normalized spacial score (nSPS) is 18.7. The van der Waals surface area contributed by atoms with E-state index < -0.39 is 40.5 Å². The lowest BCUT2D eigenvalue weighted by molar-refractivity contribution is -0.137. The predicted octanol–water partition coefficient (Wildman–Crippen LogP) is 3.97. The number of amides is 1. The molecule has 14 heteroatoms. The molecule has 0 bridgehead atoms. The van der Waals surface area contributed by atoms with Gasteiger partial charge < -0.3 is 25.6 Å². The molecular weight excluding hydrogens is 695 g/mol. The maximum Gasteiger partial charge on any atom is 0.252 e. The first-order valence-electron chi connectivity index (χ1n) is 17.2.